The highest BCUT2D eigenvalue weighted by atomic mass is 32.1. The van der Waals surface area contributed by atoms with Gasteiger partial charge in [-0.1, -0.05) is 5.16 Å². The van der Waals surface area contributed by atoms with E-state index in [2.05, 4.69) is 32.1 Å². The molecule has 5 nitrogen and oxygen atoms in total. The first kappa shape index (κ1) is 12.1. The van der Waals surface area contributed by atoms with Gasteiger partial charge in [-0.05, 0) is 35.4 Å². The molecule has 0 aromatic carbocycles. The van der Waals surface area contributed by atoms with Crippen molar-refractivity contribution < 1.29 is 4.52 Å². The Balaban J connectivity index is 1.59. The van der Waals surface area contributed by atoms with E-state index in [0.717, 1.165) is 24.5 Å². The molecule has 0 saturated heterocycles. The van der Waals surface area contributed by atoms with Gasteiger partial charge in [-0.15, -0.1) is 0 Å². The minimum Gasteiger partial charge on any atom is -0.339 e. The summed E-state index contributed by atoms with van der Waals surface area (Å²) in [5.41, 5.74) is 2.24. The second-order valence-electron chi connectivity index (χ2n) is 4.38. The van der Waals surface area contributed by atoms with Gasteiger partial charge in [-0.2, -0.15) is 21.4 Å². The van der Waals surface area contributed by atoms with Crippen LogP contribution in [-0.4, -0.2) is 19.9 Å². The van der Waals surface area contributed by atoms with Crippen LogP contribution >= 0.6 is 11.3 Å². The summed E-state index contributed by atoms with van der Waals surface area (Å²) in [6.45, 7) is 2.73. The molecule has 19 heavy (non-hydrogen) atoms. The third kappa shape index (κ3) is 3.08. The molecule has 0 N–H and O–H groups in total. The first-order valence-electron chi connectivity index (χ1n) is 6.12. The second kappa shape index (κ2) is 5.36. The molecule has 0 atom stereocenters. The zero-order chi connectivity index (χ0) is 13.1. The summed E-state index contributed by atoms with van der Waals surface area (Å²) in [4.78, 5) is 4.39. The Morgan fingerprint density at radius 2 is 2.32 bits per heavy atom. The van der Waals surface area contributed by atoms with Gasteiger partial charge in [0.1, 0.15) is 0 Å². The van der Waals surface area contributed by atoms with Gasteiger partial charge in [0.2, 0.25) is 5.89 Å². The summed E-state index contributed by atoms with van der Waals surface area (Å²) in [6, 6.07) is 4.06. The lowest BCUT2D eigenvalue weighted by Gasteiger charge is -1.96. The molecule has 3 aromatic heterocycles. The molecular weight excluding hydrogens is 260 g/mol. The lowest BCUT2D eigenvalue weighted by molar-refractivity contribution is 0.365. The van der Waals surface area contributed by atoms with Gasteiger partial charge >= 0.3 is 0 Å². The van der Waals surface area contributed by atoms with Crippen molar-refractivity contribution in [3.63, 3.8) is 0 Å². The number of aromatic nitrogens is 4. The number of aryl methyl sites for hydroxylation is 3. The van der Waals surface area contributed by atoms with Gasteiger partial charge in [-0.3, -0.25) is 4.68 Å². The van der Waals surface area contributed by atoms with E-state index in [0.29, 0.717) is 12.3 Å². The molecule has 0 amide bonds. The quantitative estimate of drug-likeness (QED) is 0.717. The van der Waals surface area contributed by atoms with Crippen molar-refractivity contribution in [2.75, 3.05) is 0 Å². The monoisotopic (exact) mass is 274 g/mol. The first-order valence-corrected chi connectivity index (χ1v) is 7.06. The summed E-state index contributed by atoms with van der Waals surface area (Å²) in [7, 11) is 0. The molecule has 3 heterocycles. The maximum atomic E-state index is 5.24. The van der Waals surface area contributed by atoms with Crippen LogP contribution in [-0.2, 0) is 19.4 Å². The Bertz CT molecular complexity index is 641. The van der Waals surface area contributed by atoms with Crippen LogP contribution < -0.4 is 0 Å². The van der Waals surface area contributed by atoms with Crippen LogP contribution in [0.25, 0.3) is 0 Å². The molecule has 3 aromatic rings. The molecule has 0 saturated carbocycles. The molecule has 3 rings (SSSR count). The largest absolute Gasteiger partial charge is 0.339 e. The molecule has 0 aliphatic heterocycles. The van der Waals surface area contributed by atoms with Crippen molar-refractivity contribution in [2.45, 2.75) is 26.3 Å². The third-order valence-corrected chi connectivity index (χ3v) is 3.51. The molecule has 0 aliphatic carbocycles. The Kier molecular flexibility index (Phi) is 3.41. The number of hydrogen-bond acceptors (Lipinski definition) is 5. The minimum atomic E-state index is 0.665. The first-order chi connectivity index (χ1) is 9.29. The van der Waals surface area contributed by atoms with Crippen LogP contribution in [0.3, 0.4) is 0 Å². The van der Waals surface area contributed by atoms with Crippen LogP contribution in [0.15, 0.2) is 33.6 Å². The zero-order valence-corrected chi connectivity index (χ0v) is 11.4. The maximum absolute atomic E-state index is 5.24. The van der Waals surface area contributed by atoms with E-state index in [-0.39, 0.29) is 0 Å². The van der Waals surface area contributed by atoms with E-state index in [4.69, 9.17) is 4.52 Å². The molecule has 0 fully saturated rings. The van der Waals surface area contributed by atoms with Crippen molar-refractivity contribution in [2.24, 2.45) is 0 Å². The van der Waals surface area contributed by atoms with Crippen LogP contribution in [0.1, 0.15) is 23.0 Å². The summed E-state index contributed by atoms with van der Waals surface area (Å²) >= 11 is 1.68. The number of nitrogens with zero attached hydrogens (tertiary/aromatic N) is 4. The SMILES string of the molecule is Cc1ccn(CCc2nc(Cc3ccsc3)no2)n1. The zero-order valence-electron chi connectivity index (χ0n) is 10.6. The summed E-state index contributed by atoms with van der Waals surface area (Å²) in [5, 5.41) is 12.5. The summed E-state index contributed by atoms with van der Waals surface area (Å²) in [5.74, 6) is 1.41. The fourth-order valence-corrected chi connectivity index (χ4v) is 2.51. The van der Waals surface area contributed by atoms with Gasteiger partial charge in [0.15, 0.2) is 5.82 Å². The highest BCUT2D eigenvalue weighted by molar-refractivity contribution is 7.07. The predicted molar refractivity (Wildman–Crippen MR) is 72.1 cm³/mol. The highest BCUT2D eigenvalue weighted by Gasteiger charge is 2.07. The smallest absolute Gasteiger partial charge is 0.228 e. The molecule has 0 bridgehead atoms. The van der Waals surface area contributed by atoms with Gasteiger partial charge in [0.25, 0.3) is 0 Å². The van der Waals surface area contributed by atoms with Crippen molar-refractivity contribution in [3.8, 4) is 0 Å². The lowest BCUT2D eigenvalue weighted by Crippen LogP contribution is -2.02. The summed E-state index contributed by atoms with van der Waals surface area (Å²) in [6.07, 6.45) is 3.39. The Morgan fingerprint density at radius 3 is 3.05 bits per heavy atom. The second-order valence-corrected chi connectivity index (χ2v) is 5.16. The Hall–Kier alpha value is -1.95. The van der Waals surface area contributed by atoms with E-state index in [1.165, 1.54) is 5.56 Å². The molecule has 6 heteroatoms. The van der Waals surface area contributed by atoms with Crippen molar-refractivity contribution >= 4 is 11.3 Å². The molecule has 0 spiro atoms. The predicted octanol–water partition coefficient (Wildman–Crippen LogP) is 2.47. The minimum absolute atomic E-state index is 0.665. The highest BCUT2D eigenvalue weighted by Crippen LogP contribution is 2.11. The molecule has 0 unspecified atom stereocenters. The third-order valence-electron chi connectivity index (χ3n) is 2.78. The topological polar surface area (TPSA) is 56.7 Å². The van der Waals surface area contributed by atoms with Crippen LogP contribution in [0.5, 0.6) is 0 Å². The van der Waals surface area contributed by atoms with Crippen LogP contribution in [0.4, 0.5) is 0 Å². The average molecular weight is 274 g/mol. The maximum Gasteiger partial charge on any atom is 0.228 e. The molecule has 98 valence electrons. The van der Waals surface area contributed by atoms with Gasteiger partial charge in [0.05, 0.1) is 5.69 Å². The van der Waals surface area contributed by atoms with Gasteiger partial charge in [-0.25, -0.2) is 0 Å². The fraction of sp³-hybridized carbons (Fsp3) is 0.308. The van der Waals surface area contributed by atoms with E-state index >= 15 is 0 Å². The number of rotatable bonds is 5. The lowest BCUT2D eigenvalue weighted by atomic mass is 10.2. The summed E-state index contributed by atoms with van der Waals surface area (Å²) < 4.78 is 7.13. The Morgan fingerprint density at radius 1 is 1.37 bits per heavy atom. The van der Waals surface area contributed by atoms with E-state index in [9.17, 15) is 0 Å². The van der Waals surface area contributed by atoms with E-state index < -0.39 is 0 Å². The fourth-order valence-electron chi connectivity index (χ4n) is 1.84. The average Bonchev–Trinajstić information content (AvgIpc) is 3.10. The van der Waals surface area contributed by atoms with Crippen LogP contribution in [0, 0.1) is 6.92 Å². The van der Waals surface area contributed by atoms with Crippen molar-refractivity contribution in [1.82, 2.24) is 19.9 Å². The molecular formula is C13H14N4OS. The normalized spacial score (nSPS) is 11.0. The van der Waals surface area contributed by atoms with Gasteiger partial charge in [0, 0.05) is 25.6 Å². The van der Waals surface area contributed by atoms with Crippen molar-refractivity contribution in [1.29, 1.82) is 0 Å². The van der Waals surface area contributed by atoms with E-state index in [1.807, 2.05) is 23.9 Å². The molecule has 0 radical (unpaired) electrons. The van der Waals surface area contributed by atoms with Gasteiger partial charge < -0.3 is 4.52 Å². The molecule has 0 aliphatic rings. The Labute approximate surface area is 114 Å². The number of hydrogen-bond donors (Lipinski definition) is 0. The standard InChI is InChI=1S/C13H14N4OS/c1-10-2-5-17(15-10)6-3-13-14-12(16-18-13)8-11-4-7-19-9-11/h2,4-5,7,9H,3,6,8H2,1H3. The number of thiophene rings is 1. The van der Waals surface area contributed by atoms with E-state index in [1.54, 1.807) is 11.3 Å². The van der Waals surface area contributed by atoms with Crippen molar-refractivity contribution in [3.05, 3.63) is 52.1 Å². The van der Waals surface area contributed by atoms with Crippen LogP contribution in [0.2, 0.25) is 0 Å².